The van der Waals surface area contributed by atoms with Gasteiger partial charge in [0.05, 0.1) is 19.3 Å². The Labute approximate surface area is 183 Å². The number of nitrogens with one attached hydrogen (secondary N) is 1. The van der Waals surface area contributed by atoms with Crippen LogP contribution in [0.5, 0.6) is 0 Å². The first-order valence-corrected chi connectivity index (χ1v) is 11.7. The molecule has 2 heterocycles. The molecule has 2 aromatic carbocycles. The van der Waals surface area contributed by atoms with E-state index in [1.807, 2.05) is 54.6 Å². The summed E-state index contributed by atoms with van der Waals surface area (Å²) in [7, 11) is -4.11. The summed E-state index contributed by atoms with van der Waals surface area (Å²) in [6, 6.07) is 18.2. The Hall–Kier alpha value is -3.52. The van der Waals surface area contributed by atoms with Gasteiger partial charge in [-0.3, -0.25) is 18.9 Å². The number of rotatable bonds is 7. The van der Waals surface area contributed by atoms with Crippen molar-refractivity contribution in [1.29, 1.82) is 0 Å². The second-order valence-electron chi connectivity index (χ2n) is 7.40. The number of nitrogens with zero attached hydrogens (tertiary/aromatic N) is 3. The molecule has 0 aliphatic heterocycles. The van der Waals surface area contributed by atoms with Gasteiger partial charge in [-0.2, -0.15) is 0 Å². The van der Waals surface area contributed by atoms with E-state index in [1.165, 1.54) is 6.08 Å². The van der Waals surface area contributed by atoms with Gasteiger partial charge < -0.3 is 15.5 Å². The van der Waals surface area contributed by atoms with Gasteiger partial charge in [-0.05, 0) is 16.7 Å². The van der Waals surface area contributed by atoms with Crippen molar-refractivity contribution in [3.8, 4) is 11.1 Å². The van der Waals surface area contributed by atoms with Crippen molar-refractivity contribution in [3.63, 3.8) is 0 Å². The summed E-state index contributed by atoms with van der Waals surface area (Å²) < 4.78 is 14.5. The fourth-order valence-electron chi connectivity index (χ4n) is 3.50. The number of benzene rings is 2. The van der Waals surface area contributed by atoms with E-state index < -0.39 is 7.60 Å². The number of H-pyrrole nitrogens is 1. The first kappa shape index (κ1) is 21.7. The summed E-state index contributed by atoms with van der Waals surface area (Å²) in [6.07, 6.45) is 4.43. The molecule has 164 valence electrons. The van der Waals surface area contributed by atoms with Gasteiger partial charge in [-0.25, -0.2) is 4.57 Å². The first-order valence-electron chi connectivity index (χ1n) is 9.92. The van der Waals surface area contributed by atoms with Crippen LogP contribution in [0.15, 0.2) is 77.9 Å². The van der Waals surface area contributed by atoms with E-state index in [1.54, 1.807) is 21.5 Å². The standard InChI is InChI=1S/C22H22N5O4P/c23-22-24-20-19(21(28)25-22)27(15-26(20)12-4-5-13-32(29,30)31)14-16-8-10-18(11-9-16)17-6-2-1-3-7-17/h1-11,15H,12-14H2,(H4-,23,24,25,28,29,30,31)/p+1/b5-4-. The molecule has 32 heavy (non-hydrogen) atoms. The van der Waals surface area contributed by atoms with Gasteiger partial charge in [0, 0.05) is 0 Å². The molecule has 4 aromatic rings. The van der Waals surface area contributed by atoms with Crippen LogP contribution in [0, 0.1) is 0 Å². The molecule has 9 nitrogen and oxygen atoms in total. The van der Waals surface area contributed by atoms with Crippen molar-refractivity contribution in [3.05, 3.63) is 89.0 Å². The van der Waals surface area contributed by atoms with E-state index in [0.717, 1.165) is 16.7 Å². The third-order valence-electron chi connectivity index (χ3n) is 4.96. The van der Waals surface area contributed by atoms with Crippen LogP contribution in [0.4, 0.5) is 5.95 Å². The second kappa shape index (κ2) is 8.92. The highest BCUT2D eigenvalue weighted by atomic mass is 31.2. The Morgan fingerprint density at radius 2 is 1.75 bits per heavy atom. The van der Waals surface area contributed by atoms with E-state index in [4.69, 9.17) is 15.5 Å². The van der Waals surface area contributed by atoms with Crippen LogP contribution in [-0.4, -0.2) is 30.5 Å². The molecule has 0 spiro atoms. The summed E-state index contributed by atoms with van der Waals surface area (Å²) in [5, 5.41) is 0. The van der Waals surface area contributed by atoms with Gasteiger partial charge in [-0.15, -0.1) is 0 Å². The molecule has 2 aromatic heterocycles. The molecule has 0 bridgehead atoms. The highest BCUT2D eigenvalue weighted by Crippen LogP contribution is 2.33. The predicted molar refractivity (Wildman–Crippen MR) is 122 cm³/mol. The minimum absolute atomic E-state index is 0.000381. The Morgan fingerprint density at radius 1 is 1.06 bits per heavy atom. The maximum Gasteiger partial charge on any atom is 0.329 e. The Balaban J connectivity index is 1.64. The maximum atomic E-state index is 12.6. The molecule has 0 saturated heterocycles. The Morgan fingerprint density at radius 3 is 2.44 bits per heavy atom. The lowest BCUT2D eigenvalue weighted by molar-refractivity contribution is -0.663. The number of allylic oxidation sites excluding steroid dienone is 2. The zero-order valence-electron chi connectivity index (χ0n) is 17.1. The van der Waals surface area contributed by atoms with Crippen molar-refractivity contribution in [2.45, 2.75) is 13.1 Å². The number of aromatic nitrogens is 4. The minimum atomic E-state index is -4.11. The molecular formula is C22H23N5O4P+. The Bertz CT molecular complexity index is 1370. The summed E-state index contributed by atoms with van der Waals surface area (Å²) in [4.78, 5) is 37.4. The van der Waals surface area contributed by atoms with Crippen molar-refractivity contribution >= 4 is 24.7 Å². The Kier molecular flexibility index (Phi) is 6.05. The molecule has 4 rings (SSSR count). The third kappa shape index (κ3) is 5.03. The van der Waals surface area contributed by atoms with Gasteiger partial charge in [-0.1, -0.05) is 71.7 Å². The summed E-state index contributed by atoms with van der Waals surface area (Å²) in [5.74, 6) is 0.000381. The lowest BCUT2D eigenvalue weighted by atomic mass is 10.0. The van der Waals surface area contributed by atoms with Gasteiger partial charge >= 0.3 is 13.2 Å². The molecule has 0 saturated carbocycles. The van der Waals surface area contributed by atoms with E-state index in [2.05, 4.69) is 9.97 Å². The lowest BCUT2D eigenvalue weighted by Crippen LogP contribution is -2.32. The molecule has 0 radical (unpaired) electrons. The first-order chi connectivity index (χ1) is 15.3. The highest BCUT2D eigenvalue weighted by molar-refractivity contribution is 7.51. The van der Waals surface area contributed by atoms with Crippen LogP contribution in [0.1, 0.15) is 5.56 Å². The molecular weight excluding hydrogens is 429 g/mol. The second-order valence-corrected chi connectivity index (χ2v) is 9.10. The molecule has 0 unspecified atom stereocenters. The third-order valence-corrected chi connectivity index (χ3v) is 5.65. The largest absolute Gasteiger partial charge is 0.355 e. The van der Waals surface area contributed by atoms with E-state index in [9.17, 15) is 9.36 Å². The number of hydrogen-bond donors (Lipinski definition) is 4. The van der Waals surface area contributed by atoms with Gasteiger partial charge in [0.15, 0.2) is 6.33 Å². The normalized spacial score (nSPS) is 12.1. The van der Waals surface area contributed by atoms with Crippen molar-refractivity contribution in [2.24, 2.45) is 0 Å². The van der Waals surface area contributed by atoms with Crippen molar-refractivity contribution in [2.75, 3.05) is 11.9 Å². The van der Waals surface area contributed by atoms with E-state index in [0.29, 0.717) is 17.7 Å². The predicted octanol–water partition coefficient (Wildman–Crippen LogP) is 2.04. The summed E-state index contributed by atoms with van der Waals surface area (Å²) >= 11 is 0. The number of fused-ring (bicyclic) bond motifs is 1. The number of nitrogens with two attached hydrogens (primary N) is 1. The van der Waals surface area contributed by atoms with Gasteiger partial charge in [0.25, 0.3) is 11.5 Å². The van der Waals surface area contributed by atoms with Gasteiger partial charge in [0.2, 0.25) is 5.52 Å². The fourth-order valence-corrected chi connectivity index (χ4v) is 3.92. The molecule has 0 fully saturated rings. The number of hydrogen-bond acceptors (Lipinski definition) is 4. The van der Waals surface area contributed by atoms with Crippen LogP contribution >= 0.6 is 7.60 Å². The summed E-state index contributed by atoms with van der Waals surface area (Å²) in [5.41, 5.74) is 9.37. The topological polar surface area (TPSA) is 138 Å². The average molecular weight is 452 g/mol. The van der Waals surface area contributed by atoms with Crippen molar-refractivity contribution in [1.82, 2.24) is 14.5 Å². The van der Waals surface area contributed by atoms with E-state index >= 15 is 0 Å². The van der Waals surface area contributed by atoms with Crippen LogP contribution in [0.3, 0.4) is 0 Å². The molecule has 0 amide bonds. The van der Waals surface area contributed by atoms with Crippen LogP contribution in [-0.2, 0) is 17.7 Å². The monoisotopic (exact) mass is 452 g/mol. The summed E-state index contributed by atoms with van der Waals surface area (Å²) in [6.45, 7) is 0.728. The quantitative estimate of drug-likeness (QED) is 0.192. The van der Waals surface area contributed by atoms with E-state index in [-0.39, 0.29) is 24.2 Å². The SMILES string of the molecule is Nc1nc2c(c(=O)[nH]1)n(Cc1ccc(-c3ccccc3)cc1)c[n+]2C/C=C\CP(=O)(O)O. The number of nitrogen functional groups attached to an aromatic ring is 1. The highest BCUT2D eigenvalue weighted by Gasteiger charge is 2.21. The minimum Gasteiger partial charge on any atom is -0.355 e. The van der Waals surface area contributed by atoms with Gasteiger partial charge in [0.1, 0.15) is 0 Å². The smallest absolute Gasteiger partial charge is 0.329 e. The molecule has 0 aliphatic carbocycles. The van der Waals surface area contributed by atoms with Crippen molar-refractivity contribution < 1.29 is 18.9 Å². The van der Waals surface area contributed by atoms with Crippen LogP contribution in [0.2, 0.25) is 0 Å². The lowest BCUT2D eigenvalue weighted by Gasteiger charge is -2.04. The molecule has 5 N–H and O–H groups in total. The molecule has 10 heteroatoms. The molecule has 0 aliphatic rings. The zero-order chi connectivity index (χ0) is 22.7. The number of imidazole rings is 1. The molecule has 0 atom stereocenters. The van der Waals surface area contributed by atoms with Crippen LogP contribution in [0.25, 0.3) is 22.3 Å². The number of aromatic amines is 1. The fraction of sp³-hybridized carbons (Fsp3) is 0.136. The zero-order valence-corrected chi connectivity index (χ0v) is 18.0. The maximum absolute atomic E-state index is 12.6. The van der Waals surface area contributed by atoms with Crippen LogP contribution < -0.4 is 15.9 Å². The average Bonchev–Trinajstić information content (AvgIpc) is 3.09. The number of anilines is 1.